The molecule has 1 aliphatic heterocycles. The highest BCUT2D eigenvalue weighted by Gasteiger charge is 2.30. The van der Waals surface area contributed by atoms with Gasteiger partial charge in [-0.25, -0.2) is 0 Å². The highest BCUT2D eigenvalue weighted by Crippen LogP contribution is 2.18. The molecule has 1 unspecified atom stereocenters. The number of amides is 3. The lowest BCUT2D eigenvalue weighted by atomic mass is 9.88. The number of nitrogens with zero attached hydrogens (tertiary/aromatic N) is 1. The predicted octanol–water partition coefficient (Wildman–Crippen LogP) is 1.44. The zero-order chi connectivity index (χ0) is 17.9. The van der Waals surface area contributed by atoms with E-state index in [2.05, 4.69) is 5.32 Å². The van der Waals surface area contributed by atoms with Gasteiger partial charge in [0.15, 0.2) is 0 Å². The van der Waals surface area contributed by atoms with E-state index in [1.165, 1.54) is 4.90 Å². The summed E-state index contributed by atoms with van der Waals surface area (Å²) in [5, 5.41) is 2.98. The van der Waals surface area contributed by atoms with Crippen LogP contribution in [-0.4, -0.2) is 34.7 Å². The molecule has 0 aromatic heterocycles. The lowest BCUT2D eigenvalue weighted by molar-refractivity contribution is -0.139. The summed E-state index contributed by atoms with van der Waals surface area (Å²) in [6.45, 7) is 6.56. The largest absolute Gasteiger partial charge is 0.345 e. The first-order valence-electron chi connectivity index (χ1n) is 8.21. The van der Waals surface area contributed by atoms with Crippen LogP contribution < -0.4 is 11.1 Å². The average Bonchev–Trinajstić information content (AvgIpc) is 2.87. The number of likely N-dealkylation sites (tertiary alicyclic amines) is 1. The molecule has 0 spiro atoms. The number of benzene rings is 1. The van der Waals surface area contributed by atoms with E-state index < -0.39 is 5.54 Å². The quantitative estimate of drug-likeness (QED) is 0.772. The van der Waals surface area contributed by atoms with Gasteiger partial charge in [-0.2, -0.15) is 0 Å². The molecule has 130 valence electrons. The molecule has 0 saturated carbocycles. The third-order valence-corrected chi connectivity index (χ3v) is 4.81. The van der Waals surface area contributed by atoms with Gasteiger partial charge in [-0.05, 0) is 30.5 Å². The van der Waals surface area contributed by atoms with Gasteiger partial charge >= 0.3 is 0 Å². The predicted molar refractivity (Wildman–Crippen MR) is 91.0 cm³/mol. The van der Waals surface area contributed by atoms with Crippen LogP contribution in [0.1, 0.15) is 49.5 Å². The van der Waals surface area contributed by atoms with Gasteiger partial charge in [-0.3, -0.25) is 19.3 Å². The van der Waals surface area contributed by atoms with Gasteiger partial charge in [0.1, 0.15) is 0 Å². The minimum absolute atomic E-state index is 0.141. The van der Waals surface area contributed by atoms with Crippen molar-refractivity contribution in [3.63, 3.8) is 0 Å². The number of rotatable bonds is 6. The Bertz CT molecular complexity index is 623. The summed E-state index contributed by atoms with van der Waals surface area (Å²) in [6.07, 6.45) is 0.568. The van der Waals surface area contributed by atoms with Crippen molar-refractivity contribution in [3.05, 3.63) is 35.4 Å². The molecular weight excluding hydrogens is 306 g/mol. The number of carbonyl (C=O) groups excluding carboxylic acids is 3. The van der Waals surface area contributed by atoms with Crippen LogP contribution in [0.3, 0.4) is 0 Å². The molecule has 3 N–H and O–H groups in total. The van der Waals surface area contributed by atoms with Crippen molar-refractivity contribution in [1.29, 1.82) is 0 Å². The number of hydrogen-bond acceptors (Lipinski definition) is 4. The summed E-state index contributed by atoms with van der Waals surface area (Å²) < 4.78 is 0. The molecule has 1 aromatic carbocycles. The molecule has 1 fully saturated rings. The van der Waals surface area contributed by atoms with Gasteiger partial charge < -0.3 is 11.1 Å². The molecule has 0 radical (unpaired) electrons. The smallest absolute Gasteiger partial charge is 0.251 e. The number of imide groups is 1. The molecule has 6 heteroatoms. The highest BCUT2D eigenvalue weighted by atomic mass is 16.2. The summed E-state index contributed by atoms with van der Waals surface area (Å²) in [4.78, 5) is 37.0. The van der Waals surface area contributed by atoms with Crippen LogP contribution in [0, 0.1) is 5.92 Å². The van der Waals surface area contributed by atoms with Crippen molar-refractivity contribution in [2.24, 2.45) is 11.7 Å². The van der Waals surface area contributed by atoms with Crippen LogP contribution in [0.5, 0.6) is 0 Å². The van der Waals surface area contributed by atoms with Crippen LogP contribution in [0.15, 0.2) is 24.3 Å². The van der Waals surface area contributed by atoms with E-state index in [1.54, 1.807) is 24.3 Å². The lowest BCUT2D eigenvalue weighted by Crippen LogP contribution is -2.55. The molecule has 1 heterocycles. The fourth-order valence-electron chi connectivity index (χ4n) is 2.51. The Labute approximate surface area is 142 Å². The van der Waals surface area contributed by atoms with Crippen molar-refractivity contribution in [1.82, 2.24) is 10.2 Å². The molecule has 0 bridgehead atoms. The molecule has 3 amide bonds. The van der Waals surface area contributed by atoms with E-state index in [9.17, 15) is 14.4 Å². The number of hydrogen-bond donors (Lipinski definition) is 2. The van der Waals surface area contributed by atoms with Crippen molar-refractivity contribution in [3.8, 4) is 0 Å². The van der Waals surface area contributed by atoms with Crippen LogP contribution in [-0.2, 0) is 16.1 Å². The molecule has 1 aromatic rings. The summed E-state index contributed by atoms with van der Waals surface area (Å²) in [5.74, 6) is -0.260. The second kappa shape index (κ2) is 7.13. The molecule has 1 saturated heterocycles. The summed E-state index contributed by atoms with van der Waals surface area (Å²) in [6, 6.07) is 6.94. The first-order chi connectivity index (χ1) is 11.3. The maximum atomic E-state index is 12.4. The number of nitrogens with one attached hydrogen (secondary N) is 1. The van der Waals surface area contributed by atoms with Crippen molar-refractivity contribution in [2.75, 3.05) is 6.54 Å². The third kappa shape index (κ3) is 3.82. The van der Waals surface area contributed by atoms with Crippen LogP contribution >= 0.6 is 0 Å². The minimum Gasteiger partial charge on any atom is -0.345 e. The monoisotopic (exact) mass is 331 g/mol. The fraction of sp³-hybridized carbons (Fsp3) is 0.500. The molecule has 1 aliphatic rings. The number of carbonyl (C=O) groups is 3. The van der Waals surface area contributed by atoms with E-state index >= 15 is 0 Å². The zero-order valence-electron chi connectivity index (χ0n) is 14.5. The molecule has 6 nitrogen and oxygen atoms in total. The Morgan fingerprint density at radius 1 is 1.21 bits per heavy atom. The third-order valence-electron chi connectivity index (χ3n) is 4.81. The molecule has 1 atom stereocenters. The van der Waals surface area contributed by atoms with E-state index in [1.807, 2.05) is 20.8 Å². The van der Waals surface area contributed by atoms with Gasteiger partial charge in [-0.1, -0.05) is 26.0 Å². The summed E-state index contributed by atoms with van der Waals surface area (Å²) in [7, 11) is 0. The Morgan fingerprint density at radius 3 is 2.21 bits per heavy atom. The van der Waals surface area contributed by atoms with Gasteiger partial charge in [0, 0.05) is 24.9 Å². The Balaban J connectivity index is 2.05. The van der Waals surface area contributed by atoms with Crippen LogP contribution in [0.4, 0.5) is 0 Å². The van der Waals surface area contributed by atoms with Crippen LogP contribution in [0.25, 0.3) is 0 Å². The maximum absolute atomic E-state index is 12.4. The van der Waals surface area contributed by atoms with E-state index in [-0.39, 0.29) is 43.0 Å². The SMILES string of the molecule is CC(C)C(C)(CN)NC(=O)c1ccc(CN2C(=O)CCC2=O)cc1. The Kier molecular flexibility index (Phi) is 5.39. The number of nitrogens with two attached hydrogens (primary N) is 1. The molecular formula is C18H25N3O3. The van der Waals surface area contributed by atoms with Crippen molar-refractivity contribution >= 4 is 17.7 Å². The molecule has 24 heavy (non-hydrogen) atoms. The molecule has 0 aliphatic carbocycles. The first kappa shape index (κ1) is 18.1. The summed E-state index contributed by atoms with van der Waals surface area (Å²) >= 11 is 0. The van der Waals surface area contributed by atoms with Gasteiger partial charge in [0.2, 0.25) is 11.8 Å². The normalized spacial score (nSPS) is 17.3. The topological polar surface area (TPSA) is 92.5 Å². The average molecular weight is 331 g/mol. The van der Waals surface area contributed by atoms with Gasteiger partial charge in [0.25, 0.3) is 5.91 Å². The Morgan fingerprint density at radius 2 is 1.75 bits per heavy atom. The second-order valence-corrected chi connectivity index (χ2v) is 6.80. The summed E-state index contributed by atoms with van der Waals surface area (Å²) in [5.41, 5.74) is 6.67. The van der Waals surface area contributed by atoms with Crippen LogP contribution in [0.2, 0.25) is 0 Å². The van der Waals surface area contributed by atoms with E-state index in [0.29, 0.717) is 12.1 Å². The fourth-order valence-corrected chi connectivity index (χ4v) is 2.51. The maximum Gasteiger partial charge on any atom is 0.251 e. The zero-order valence-corrected chi connectivity index (χ0v) is 14.5. The first-order valence-corrected chi connectivity index (χ1v) is 8.21. The van der Waals surface area contributed by atoms with Gasteiger partial charge in [0.05, 0.1) is 12.1 Å². The minimum atomic E-state index is -0.468. The standard InChI is InChI=1S/C18H25N3O3/c1-12(2)18(3,11-19)20-17(24)14-6-4-13(5-7-14)10-21-15(22)8-9-16(21)23/h4-7,12H,8-11,19H2,1-3H3,(H,20,24). The second-order valence-electron chi connectivity index (χ2n) is 6.80. The van der Waals surface area contributed by atoms with E-state index in [4.69, 9.17) is 5.73 Å². The lowest BCUT2D eigenvalue weighted by Gasteiger charge is -2.33. The molecule has 2 rings (SSSR count). The van der Waals surface area contributed by atoms with Gasteiger partial charge in [-0.15, -0.1) is 0 Å². The van der Waals surface area contributed by atoms with E-state index in [0.717, 1.165) is 5.56 Å². The highest BCUT2D eigenvalue weighted by molar-refractivity contribution is 6.01. The van der Waals surface area contributed by atoms with Crippen molar-refractivity contribution in [2.45, 2.75) is 45.7 Å². The van der Waals surface area contributed by atoms with Crippen molar-refractivity contribution < 1.29 is 14.4 Å². The Hall–Kier alpha value is -2.21.